The maximum atomic E-state index is 12.7. The Labute approximate surface area is 133 Å². The number of rotatable bonds is 4. The smallest absolute Gasteiger partial charge is 0.357 e. The van der Waals surface area contributed by atoms with Crippen LogP contribution in [-0.4, -0.2) is 17.6 Å². The molecule has 0 aliphatic carbocycles. The SMILES string of the molecule is CN=C(NCc1cccc(C(F)(F)F)c1)NCc1ccn(C)c1. The maximum absolute atomic E-state index is 12.7. The van der Waals surface area contributed by atoms with Gasteiger partial charge < -0.3 is 15.2 Å². The molecule has 23 heavy (non-hydrogen) atoms. The Kier molecular flexibility index (Phi) is 5.31. The molecule has 0 unspecified atom stereocenters. The summed E-state index contributed by atoms with van der Waals surface area (Å²) in [5.41, 5.74) is 0.987. The van der Waals surface area contributed by atoms with E-state index in [1.165, 1.54) is 6.07 Å². The monoisotopic (exact) mass is 324 g/mol. The number of alkyl halides is 3. The molecule has 0 saturated carbocycles. The molecule has 2 N–H and O–H groups in total. The normalized spacial score (nSPS) is 12.3. The van der Waals surface area contributed by atoms with Gasteiger partial charge in [0.1, 0.15) is 0 Å². The zero-order valence-electron chi connectivity index (χ0n) is 13.0. The predicted octanol–water partition coefficient (Wildman–Crippen LogP) is 2.91. The second-order valence-electron chi connectivity index (χ2n) is 5.16. The average Bonchev–Trinajstić information content (AvgIpc) is 2.92. The van der Waals surface area contributed by atoms with Crippen LogP contribution >= 0.6 is 0 Å². The molecule has 0 spiro atoms. The van der Waals surface area contributed by atoms with E-state index in [2.05, 4.69) is 15.6 Å². The van der Waals surface area contributed by atoms with Crippen LogP contribution in [0.5, 0.6) is 0 Å². The standard InChI is InChI=1S/C16H19F3N4/c1-20-15(22-10-13-6-7-23(2)11-13)21-9-12-4-3-5-14(8-12)16(17,18)19/h3-8,11H,9-10H2,1-2H3,(H2,20,21,22). The van der Waals surface area contributed by atoms with E-state index in [0.29, 0.717) is 18.1 Å². The van der Waals surface area contributed by atoms with Crippen molar-refractivity contribution in [3.8, 4) is 0 Å². The second kappa shape index (κ2) is 7.21. The molecule has 124 valence electrons. The van der Waals surface area contributed by atoms with Crippen LogP contribution in [0.3, 0.4) is 0 Å². The largest absolute Gasteiger partial charge is 0.416 e. The number of aliphatic imine (C=N–C) groups is 1. The lowest BCUT2D eigenvalue weighted by atomic mass is 10.1. The summed E-state index contributed by atoms with van der Waals surface area (Å²) >= 11 is 0. The molecule has 0 saturated heterocycles. The van der Waals surface area contributed by atoms with E-state index < -0.39 is 11.7 Å². The number of guanidine groups is 1. The molecule has 1 heterocycles. The van der Waals surface area contributed by atoms with Gasteiger partial charge in [-0.15, -0.1) is 0 Å². The van der Waals surface area contributed by atoms with Crippen molar-refractivity contribution in [1.29, 1.82) is 0 Å². The fourth-order valence-electron chi connectivity index (χ4n) is 2.12. The van der Waals surface area contributed by atoms with Crippen molar-refractivity contribution in [1.82, 2.24) is 15.2 Å². The van der Waals surface area contributed by atoms with E-state index in [1.54, 1.807) is 13.1 Å². The molecule has 2 aromatic rings. The molecule has 4 nitrogen and oxygen atoms in total. The van der Waals surface area contributed by atoms with Gasteiger partial charge in [0.05, 0.1) is 5.56 Å². The number of nitrogens with zero attached hydrogens (tertiary/aromatic N) is 2. The minimum atomic E-state index is -4.33. The second-order valence-corrected chi connectivity index (χ2v) is 5.16. The minimum absolute atomic E-state index is 0.262. The lowest BCUT2D eigenvalue weighted by Gasteiger charge is -2.13. The van der Waals surface area contributed by atoms with Crippen LogP contribution in [0.25, 0.3) is 0 Å². The highest BCUT2D eigenvalue weighted by molar-refractivity contribution is 5.79. The number of hydrogen-bond acceptors (Lipinski definition) is 1. The van der Waals surface area contributed by atoms with E-state index in [9.17, 15) is 13.2 Å². The summed E-state index contributed by atoms with van der Waals surface area (Å²) in [5, 5.41) is 6.12. The first-order valence-corrected chi connectivity index (χ1v) is 7.10. The van der Waals surface area contributed by atoms with Crippen molar-refractivity contribution in [2.75, 3.05) is 7.05 Å². The lowest BCUT2D eigenvalue weighted by molar-refractivity contribution is -0.137. The summed E-state index contributed by atoms with van der Waals surface area (Å²) in [6.45, 7) is 0.849. The fourth-order valence-corrected chi connectivity index (χ4v) is 2.12. The van der Waals surface area contributed by atoms with Crippen molar-refractivity contribution in [2.24, 2.45) is 12.0 Å². The topological polar surface area (TPSA) is 41.4 Å². The third kappa shape index (κ3) is 5.05. The molecule has 0 bridgehead atoms. The molecular weight excluding hydrogens is 305 g/mol. The summed E-state index contributed by atoms with van der Waals surface area (Å²) in [5.74, 6) is 0.534. The Morgan fingerprint density at radius 1 is 1.13 bits per heavy atom. The van der Waals surface area contributed by atoms with Crippen LogP contribution in [0.15, 0.2) is 47.7 Å². The number of halogens is 3. The Bertz CT molecular complexity index is 674. The van der Waals surface area contributed by atoms with E-state index in [0.717, 1.165) is 17.7 Å². The van der Waals surface area contributed by atoms with Crippen LogP contribution in [0, 0.1) is 0 Å². The van der Waals surface area contributed by atoms with Gasteiger partial charge in [0.15, 0.2) is 5.96 Å². The molecular formula is C16H19F3N4. The minimum Gasteiger partial charge on any atom is -0.357 e. The lowest BCUT2D eigenvalue weighted by Crippen LogP contribution is -2.36. The number of hydrogen-bond donors (Lipinski definition) is 2. The van der Waals surface area contributed by atoms with Crippen LogP contribution in [0.2, 0.25) is 0 Å². The van der Waals surface area contributed by atoms with Gasteiger partial charge in [0.2, 0.25) is 0 Å². The number of aryl methyl sites for hydroxylation is 1. The zero-order valence-corrected chi connectivity index (χ0v) is 13.0. The molecule has 0 aliphatic rings. The van der Waals surface area contributed by atoms with E-state index in [-0.39, 0.29) is 6.54 Å². The van der Waals surface area contributed by atoms with Crippen molar-refractivity contribution < 1.29 is 13.2 Å². The zero-order chi connectivity index (χ0) is 16.9. The third-order valence-electron chi connectivity index (χ3n) is 3.29. The molecule has 0 atom stereocenters. The summed E-state index contributed by atoms with van der Waals surface area (Å²) in [6, 6.07) is 7.23. The summed E-state index contributed by atoms with van der Waals surface area (Å²) in [6.07, 6.45) is -0.411. The third-order valence-corrected chi connectivity index (χ3v) is 3.29. The Morgan fingerprint density at radius 2 is 1.83 bits per heavy atom. The van der Waals surface area contributed by atoms with Gasteiger partial charge in [-0.3, -0.25) is 4.99 Å². The van der Waals surface area contributed by atoms with Gasteiger partial charge in [-0.05, 0) is 29.3 Å². The molecule has 0 amide bonds. The Balaban J connectivity index is 1.90. The molecule has 2 rings (SSSR count). The van der Waals surface area contributed by atoms with Crippen LogP contribution < -0.4 is 10.6 Å². The summed E-state index contributed by atoms with van der Waals surface area (Å²) in [4.78, 5) is 4.06. The van der Waals surface area contributed by atoms with Gasteiger partial charge in [-0.25, -0.2) is 0 Å². The highest BCUT2D eigenvalue weighted by Gasteiger charge is 2.30. The Hall–Kier alpha value is -2.44. The van der Waals surface area contributed by atoms with Crippen molar-refractivity contribution in [3.63, 3.8) is 0 Å². The van der Waals surface area contributed by atoms with Gasteiger partial charge in [-0.1, -0.05) is 12.1 Å². The van der Waals surface area contributed by atoms with E-state index in [4.69, 9.17) is 0 Å². The molecule has 7 heteroatoms. The molecule has 0 aliphatic heterocycles. The van der Waals surface area contributed by atoms with Gasteiger partial charge in [0.25, 0.3) is 0 Å². The number of nitrogens with one attached hydrogen (secondary N) is 2. The van der Waals surface area contributed by atoms with Crippen LogP contribution in [-0.2, 0) is 26.3 Å². The first-order chi connectivity index (χ1) is 10.9. The predicted molar refractivity (Wildman–Crippen MR) is 83.9 cm³/mol. The Morgan fingerprint density at radius 3 is 2.39 bits per heavy atom. The number of aromatic nitrogens is 1. The average molecular weight is 324 g/mol. The van der Waals surface area contributed by atoms with Crippen molar-refractivity contribution in [3.05, 3.63) is 59.4 Å². The highest BCUT2D eigenvalue weighted by Crippen LogP contribution is 2.29. The van der Waals surface area contributed by atoms with E-state index >= 15 is 0 Å². The summed E-state index contributed by atoms with van der Waals surface area (Å²) < 4.78 is 40.0. The van der Waals surface area contributed by atoms with Crippen molar-refractivity contribution in [2.45, 2.75) is 19.3 Å². The molecule has 1 aromatic carbocycles. The van der Waals surface area contributed by atoms with Gasteiger partial charge >= 0.3 is 6.18 Å². The van der Waals surface area contributed by atoms with E-state index in [1.807, 2.05) is 30.1 Å². The fraction of sp³-hybridized carbons (Fsp3) is 0.312. The highest BCUT2D eigenvalue weighted by atomic mass is 19.4. The summed E-state index contributed by atoms with van der Waals surface area (Å²) in [7, 11) is 3.55. The first-order valence-electron chi connectivity index (χ1n) is 7.10. The number of benzene rings is 1. The maximum Gasteiger partial charge on any atom is 0.416 e. The van der Waals surface area contributed by atoms with Crippen LogP contribution in [0.4, 0.5) is 13.2 Å². The van der Waals surface area contributed by atoms with Crippen LogP contribution in [0.1, 0.15) is 16.7 Å². The quantitative estimate of drug-likeness (QED) is 0.671. The van der Waals surface area contributed by atoms with Gasteiger partial charge in [0, 0.05) is 39.6 Å². The molecule has 1 aromatic heterocycles. The first kappa shape index (κ1) is 16.9. The molecule has 0 radical (unpaired) electrons. The van der Waals surface area contributed by atoms with Crippen molar-refractivity contribution >= 4 is 5.96 Å². The molecule has 0 fully saturated rings. The van der Waals surface area contributed by atoms with Gasteiger partial charge in [-0.2, -0.15) is 13.2 Å².